The van der Waals surface area contributed by atoms with Gasteiger partial charge in [-0.1, -0.05) is 86.6 Å². The van der Waals surface area contributed by atoms with Crippen LogP contribution in [0, 0.1) is 0 Å². The van der Waals surface area contributed by atoms with Gasteiger partial charge in [-0.3, -0.25) is 4.40 Å². The van der Waals surface area contributed by atoms with Crippen LogP contribution in [-0.2, 0) is 12.8 Å². The third kappa shape index (κ3) is 2.46. The molecule has 0 bridgehead atoms. The van der Waals surface area contributed by atoms with Crippen molar-refractivity contribution in [2.45, 2.75) is 26.7 Å². The average molecular weight is 425 g/mol. The summed E-state index contributed by atoms with van der Waals surface area (Å²) >= 11 is 0. The number of benzene rings is 5. The zero-order valence-corrected chi connectivity index (χ0v) is 18.9. The van der Waals surface area contributed by atoms with Gasteiger partial charge in [-0.15, -0.1) is 0 Å². The van der Waals surface area contributed by atoms with E-state index >= 15 is 0 Å². The lowest BCUT2D eigenvalue weighted by Crippen LogP contribution is -1.94. The molecule has 5 aromatic carbocycles. The first kappa shape index (κ1) is 18.6. The fourth-order valence-electron chi connectivity index (χ4n) is 5.78. The standard InChI is InChI=1S/C31H24N2/c1-3-19-10-7-11-20(4-2)28(19)26-18-33-27-17-22-9-5-6-13-23(22)24-16-15-21-12-8-14-25(31(33)32-26)29(21)30(24)27/h5-18H,3-4H2,1-2H3. The Bertz CT molecular complexity index is 1810. The lowest BCUT2D eigenvalue weighted by Gasteiger charge is -2.15. The van der Waals surface area contributed by atoms with Crippen molar-refractivity contribution in [3.05, 3.63) is 96.2 Å². The highest BCUT2D eigenvalue weighted by Gasteiger charge is 2.19. The van der Waals surface area contributed by atoms with Crippen molar-refractivity contribution >= 4 is 48.9 Å². The van der Waals surface area contributed by atoms with Crippen molar-refractivity contribution in [2.75, 3.05) is 0 Å². The van der Waals surface area contributed by atoms with Crippen molar-refractivity contribution in [1.29, 1.82) is 0 Å². The summed E-state index contributed by atoms with van der Waals surface area (Å²) in [5.41, 5.74) is 7.38. The summed E-state index contributed by atoms with van der Waals surface area (Å²) < 4.78 is 2.33. The molecule has 0 atom stereocenters. The number of pyridine rings is 1. The monoisotopic (exact) mass is 424 g/mol. The molecule has 0 saturated heterocycles. The number of hydrogen-bond donors (Lipinski definition) is 0. The van der Waals surface area contributed by atoms with E-state index < -0.39 is 0 Å². The number of nitrogens with zero attached hydrogens (tertiary/aromatic N) is 2. The number of hydrogen-bond acceptors (Lipinski definition) is 1. The van der Waals surface area contributed by atoms with Gasteiger partial charge in [0, 0.05) is 27.9 Å². The van der Waals surface area contributed by atoms with Crippen LogP contribution in [0.15, 0.2) is 85.1 Å². The second kappa shape index (κ2) is 6.79. The molecule has 0 radical (unpaired) electrons. The molecule has 0 unspecified atom stereocenters. The zero-order chi connectivity index (χ0) is 22.1. The van der Waals surface area contributed by atoms with Crippen molar-refractivity contribution < 1.29 is 0 Å². The Balaban J connectivity index is 1.72. The molecular weight excluding hydrogens is 400 g/mol. The predicted octanol–water partition coefficient (Wildman–Crippen LogP) is 8.18. The second-order valence-electron chi connectivity index (χ2n) is 8.99. The van der Waals surface area contributed by atoms with Crippen LogP contribution >= 0.6 is 0 Å². The van der Waals surface area contributed by atoms with Crippen molar-refractivity contribution in [2.24, 2.45) is 0 Å². The van der Waals surface area contributed by atoms with E-state index in [1.54, 1.807) is 0 Å². The Morgan fingerprint density at radius 2 is 1.39 bits per heavy atom. The summed E-state index contributed by atoms with van der Waals surface area (Å²) in [6, 6.07) is 28.9. The van der Waals surface area contributed by atoms with Crippen LogP contribution in [0.2, 0.25) is 0 Å². The van der Waals surface area contributed by atoms with Crippen LogP contribution in [-0.4, -0.2) is 9.38 Å². The molecule has 7 aromatic rings. The van der Waals surface area contributed by atoms with Gasteiger partial charge in [0.1, 0.15) is 5.65 Å². The van der Waals surface area contributed by atoms with Gasteiger partial charge in [-0.25, -0.2) is 4.98 Å². The number of aromatic nitrogens is 2. The molecule has 2 heteroatoms. The quantitative estimate of drug-likeness (QED) is 0.206. The minimum absolute atomic E-state index is 1.00. The molecule has 7 rings (SSSR count). The molecule has 2 heterocycles. The molecule has 0 aliphatic carbocycles. The molecule has 2 nitrogen and oxygen atoms in total. The largest absolute Gasteiger partial charge is 0.298 e. The zero-order valence-electron chi connectivity index (χ0n) is 18.9. The van der Waals surface area contributed by atoms with Crippen molar-refractivity contribution in [3.8, 4) is 11.3 Å². The number of fused-ring (bicyclic) bond motifs is 5. The number of rotatable bonds is 3. The summed E-state index contributed by atoms with van der Waals surface area (Å²) in [5, 5.41) is 9.03. The summed E-state index contributed by atoms with van der Waals surface area (Å²) in [5.74, 6) is 0. The second-order valence-corrected chi connectivity index (χ2v) is 8.99. The molecule has 158 valence electrons. The lowest BCUT2D eigenvalue weighted by molar-refractivity contribution is 1.09. The molecule has 0 N–H and O–H groups in total. The lowest BCUT2D eigenvalue weighted by atomic mass is 9.93. The van der Waals surface area contributed by atoms with E-state index in [4.69, 9.17) is 4.98 Å². The van der Waals surface area contributed by atoms with Crippen LogP contribution in [0.1, 0.15) is 25.0 Å². The van der Waals surface area contributed by atoms with Crippen LogP contribution in [0.5, 0.6) is 0 Å². The maximum absolute atomic E-state index is 5.29. The summed E-state index contributed by atoms with van der Waals surface area (Å²) in [6.45, 7) is 4.47. The molecule has 0 spiro atoms. The minimum atomic E-state index is 1.00. The van der Waals surface area contributed by atoms with E-state index in [2.05, 4.69) is 103 Å². The fourth-order valence-corrected chi connectivity index (χ4v) is 5.78. The number of aryl methyl sites for hydroxylation is 2. The predicted molar refractivity (Wildman–Crippen MR) is 141 cm³/mol. The van der Waals surface area contributed by atoms with Gasteiger partial charge in [-0.05, 0) is 51.6 Å². The van der Waals surface area contributed by atoms with Gasteiger partial charge in [0.05, 0.1) is 11.2 Å². The van der Waals surface area contributed by atoms with Crippen LogP contribution in [0.25, 0.3) is 60.1 Å². The Morgan fingerprint density at radius 1 is 0.667 bits per heavy atom. The van der Waals surface area contributed by atoms with Gasteiger partial charge in [-0.2, -0.15) is 0 Å². The third-order valence-corrected chi connectivity index (χ3v) is 7.31. The van der Waals surface area contributed by atoms with E-state index in [-0.39, 0.29) is 0 Å². The van der Waals surface area contributed by atoms with Crippen LogP contribution < -0.4 is 0 Å². The molecule has 0 aliphatic rings. The van der Waals surface area contributed by atoms with Crippen LogP contribution in [0.4, 0.5) is 0 Å². The van der Waals surface area contributed by atoms with E-state index in [9.17, 15) is 0 Å². The Labute approximate surface area is 192 Å². The first-order chi connectivity index (χ1) is 16.3. The fraction of sp³-hybridized carbons (Fsp3) is 0.129. The Morgan fingerprint density at radius 3 is 2.21 bits per heavy atom. The summed E-state index contributed by atoms with van der Waals surface area (Å²) in [4.78, 5) is 5.29. The Kier molecular flexibility index (Phi) is 3.84. The topological polar surface area (TPSA) is 17.3 Å². The summed E-state index contributed by atoms with van der Waals surface area (Å²) in [7, 11) is 0. The van der Waals surface area contributed by atoms with Crippen LogP contribution in [0.3, 0.4) is 0 Å². The van der Waals surface area contributed by atoms with Gasteiger partial charge < -0.3 is 0 Å². The van der Waals surface area contributed by atoms with Gasteiger partial charge in [0.25, 0.3) is 0 Å². The first-order valence-electron chi connectivity index (χ1n) is 11.9. The molecule has 0 saturated carbocycles. The molecule has 2 aromatic heterocycles. The molecule has 33 heavy (non-hydrogen) atoms. The van der Waals surface area contributed by atoms with Gasteiger partial charge in [0.15, 0.2) is 0 Å². The highest BCUT2D eigenvalue weighted by atomic mass is 15.0. The maximum atomic E-state index is 5.29. The molecule has 0 fully saturated rings. The van der Waals surface area contributed by atoms with E-state index in [1.165, 1.54) is 59.9 Å². The first-order valence-corrected chi connectivity index (χ1v) is 11.9. The van der Waals surface area contributed by atoms with Crippen molar-refractivity contribution in [1.82, 2.24) is 9.38 Å². The smallest absolute Gasteiger partial charge is 0.145 e. The normalized spacial score (nSPS) is 12.2. The highest BCUT2D eigenvalue weighted by Crippen LogP contribution is 2.41. The Hall–Kier alpha value is -3.91. The van der Waals surface area contributed by atoms with Gasteiger partial charge >= 0.3 is 0 Å². The summed E-state index contributed by atoms with van der Waals surface area (Å²) in [6.07, 6.45) is 4.27. The van der Waals surface area contributed by atoms with E-state index in [0.717, 1.165) is 24.2 Å². The third-order valence-electron chi connectivity index (χ3n) is 7.31. The minimum Gasteiger partial charge on any atom is -0.298 e. The van der Waals surface area contributed by atoms with Gasteiger partial charge in [0.2, 0.25) is 0 Å². The SMILES string of the molecule is CCc1cccc(CC)c1-c1cn2c3cc4ccccc4c4ccc5cccc(c5c43)c2n1. The molecule has 0 aliphatic heterocycles. The van der Waals surface area contributed by atoms with Crippen molar-refractivity contribution in [3.63, 3.8) is 0 Å². The highest BCUT2D eigenvalue weighted by molar-refractivity contribution is 6.30. The average Bonchev–Trinajstić information content (AvgIpc) is 3.32. The molecule has 0 amide bonds. The molecular formula is C31H24N2. The number of imidazole rings is 1. The van der Waals surface area contributed by atoms with E-state index in [1.807, 2.05) is 0 Å². The maximum Gasteiger partial charge on any atom is 0.145 e. The van der Waals surface area contributed by atoms with E-state index in [0.29, 0.717) is 0 Å².